The molecule has 0 atom stereocenters. The van der Waals surface area contributed by atoms with Gasteiger partial charge in [-0.05, 0) is 37.3 Å². The van der Waals surface area contributed by atoms with E-state index in [1.54, 1.807) is 0 Å². The van der Waals surface area contributed by atoms with Crippen molar-refractivity contribution in [2.24, 2.45) is 10.7 Å². The highest BCUT2D eigenvalue weighted by molar-refractivity contribution is 14.0. The van der Waals surface area contributed by atoms with Crippen LogP contribution in [0, 0.1) is 0 Å². The van der Waals surface area contributed by atoms with Crippen molar-refractivity contribution in [3.8, 4) is 0 Å². The number of para-hydroxylation sites is 1. The number of aryl methyl sites for hydroxylation is 1. The van der Waals surface area contributed by atoms with Gasteiger partial charge in [0, 0.05) is 29.7 Å². The van der Waals surface area contributed by atoms with Crippen LogP contribution in [0.2, 0.25) is 0 Å². The first-order valence-corrected chi connectivity index (χ1v) is 8.44. The summed E-state index contributed by atoms with van der Waals surface area (Å²) in [5.41, 5.74) is 8.56. The van der Waals surface area contributed by atoms with Gasteiger partial charge in [-0.25, -0.2) is 0 Å². The molecule has 0 saturated heterocycles. The van der Waals surface area contributed by atoms with Gasteiger partial charge in [0.05, 0.1) is 0 Å². The summed E-state index contributed by atoms with van der Waals surface area (Å²) in [5, 5.41) is 4.68. The second-order valence-corrected chi connectivity index (χ2v) is 6.21. The quantitative estimate of drug-likeness (QED) is 0.293. The molecule has 1 fully saturated rings. The summed E-state index contributed by atoms with van der Waals surface area (Å²) in [6, 6.07) is 8.96. The molecule has 1 aromatic heterocycles. The fourth-order valence-corrected chi connectivity index (χ4v) is 3.31. The van der Waals surface area contributed by atoms with Crippen LogP contribution in [0.25, 0.3) is 10.9 Å². The van der Waals surface area contributed by atoms with Gasteiger partial charge in [-0.2, -0.15) is 0 Å². The van der Waals surface area contributed by atoms with Crippen LogP contribution in [-0.2, 0) is 6.42 Å². The Balaban J connectivity index is 0.00000192. The third-order valence-corrected chi connectivity index (χ3v) is 4.52. The molecule has 1 aliphatic carbocycles. The van der Waals surface area contributed by atoms with E-state index in [0.29, 0.717) is 12.0 Å². The molecule has 4 nitrogen and oxygen atoms in total. The van der Waals surface area contributed by atoms with E-state index in [1.807, 2.05) is 0 Å². The lowest BCUT2D eigenvalue weighted by Gasteiger charge is -2.23. The number of hydrogen-bond acceptors (Lipinski definition) is 1. The average Bonchev–Trinajstić information content (AvgIpc) is 2.96. The van der Waals surface area contributed by atoms with Gasteiger partial charge in [-0.1, -0.05) is 37.5 Å². The van der Waals surface area contributed by atoms with E-state index in [0.717, 1.165) is 19.4 Å². The standard InChI is InChI=1S/C18H26N4.HI/c19-18(22-15-8-2-1-3-9-15)20-12-6-7-14-13-21-17-11-5-4-10-16(14)17;/h4-5,10-11,13,15,21H,1-3,6-9,12H2,(H3,19,20,22);1H. The molecule has 3 rings (SSSR count). The topological polar surface area (TPSA) is 66.2 Å². The van der Waals surface area contributed by atoms with Gasteiger partial charge < -0.3 is 16.0 Å². The van der Waals surface area contributed by atoms with Crippen LogP contribution >= 0.6 is 24.0 Å². The zero-order valence-corrected chi connectivity index (χ0v) is 15.9. The second kappa shape index (κ2) is 9.15. The first-order valence-electron chi connectivity index (χ1n) is 8.44. The summed E-state index contributed by atoms with van der Waals surface area (Å²) in [5.74, 6) is 0.617. The van der Waals surface area contributed by atoms with Crippen molar-refractivity contribution in [2.75, 3.05) is 6.54 Å². The molecule has 5 heteroatoms. The number of rotatable bonds is 5. The van der Waals surface area contributed by atoms with E-state index in [2.05, 4.69) is 45.8 Å². The molecule has 0 spiro atoms. The smallest absolute Gasteiger partial charge is 0.188 e. The van der Waals surface area contributed by atoms with Crippen molar-refractivity contribution < 1.29 is 0 Å². The van der Waals surface area contributed by atoms with Crippen molar-refractivity contribution in [3.63, 3.8) is 0 Å². The van der Waals surface area contributed by atoms with Crippen molar-refractivity contribution >= 4 is 40.8 Å². The molecule has 0 bridgehead atoms. The van der Waals surface area contributed by atoms with Crippen molar-refractivity contribution in [2.45, 2.75) is 51.0 Å². The predicted octanol–water partition coefficient (Wildman–Crippen LogP) is 3.96. The minimum atomic E-state index is 0. The monoisotopic (exact) mass is 426 g/mol. The van der Waals surface area contributed by atoms with Crippen LogP contribution in [-0.4, -0.2) is 23.5 Å². The summed E-state index contributed by atoms with van der Waals surface area (Å²) < 4.78 is 0. The molecule has 126 valence electrons. The van der Waals surface area contributed by atoms with Gasteiger partial charge in [-0.3, -0.25) is 4.99 Å². The molecule has 4 N–H and O–H groups in total. The summed E-state index contributed by atoms with van der Waals surface area (Å²) in [6.45, 7) is 0.783. The van der Waals surface area contributed by atoms with E-state index < -0.39 is 0 Å². The number of aliphatic imine (C=N–C) groups is 1. The second-order valence-electron chi connectivity index (χ2n) is 6.21. The Labute approximate surface area is 155 Å². The maximum absolute atomic E-state index is 5.99. The van der Waals surface area contributed by atoms with E-state index >= 15 is 0 Å². The highest BCUT2D eigenvalue weighted by Gasteiger charge is 2.13. The van der Waals surface area contributed by atoms with Crippen LogP contribution in [0.1, 0.15) is 44.1 Å². The number of guanidine groups is 1. The molecule has 0 unspecified atom stereocenters. The minimum Gasteiger partial charge on any atom is -0.370 e. The Morgan fingerprint density at radius 1 is 1.22 bits per heavy atom. The van der Waals surface area contributed by atoms with Crippen LogP contribution in [0.4, 0.5) is 0 Å². The van der Waals surface area contributed by atoms with Crippen molar-refractivity contribution in [1.29, 1.82) is 0 Å². The SMILES string of the molecule is I.NC(=NCCCc1c[nH]c2ccccc12)NC1CCCCC1. The molecule has 23 heavy (non-hydrogen) atoms. The average molecular weight is 426 g/mol. The maximum Gasteiger partial charge on any atom is 0.188 e. The fraction of sp³-hybridized carbons (Fsp3) is 0.500. The highest BCUT2D eigenvalue weighted by atomic mass is 127. The van der Waals surface area contributed by atoms with Crippen LogP contribution < -0.4 is 11.1 Å². The third-order valence-electron chi connectivity index (χ3n) is 4.52. The van der Waals surface area contributed by atoms with Crippen molar-refractivity contribution in [3.05, 3.63) is 36.0 Å². The largest absolute Gasteiger partial charge is 0.370 e. The number of halogens is 1. The summed E-state index contributed by atoms with van der Waals surface area (Å²) >= 11 is 0. The summed E-state index contributed by atoms with van der Waals surface area (Å²) in [6.07, 6.45) is 10.6. The Hall–Kier alpha value is -1.24. The molecule has 1 heterocycles. The molecule has 2 aromatic rings. The summed E-state index contributed by atoms with van der Waals surface area (Å²) in [4.78, 5) is 7.79. The third kappa shape index (κ3) is 5.12. The number of aromatic nitrogens is 1. The number of nitrogens with two attached hydrogens (primary N) is 1. The van der Waals surface area contributed by atoms with E-state index in [1.165, 1.54) is 48.6 Å². The number of nitrogens with zero attached hydrogens (tertiary/aromatic N) is 1. The Bertz CT molecular complexity index is 629. The molecule has 1 saturated carbocycles. The molecule has 0 radical (unpaired) electrons. The normalized spacial score (nSPS) is 16.3. The lowest BCUT2D eigenvalue weighted by atomic mass is 9.96. The van der Waals surface area contributed by atoms with Crippen molar-refractivity contribution in [1.82, 2.24) is 10.3 Å². The fourth-order valence-electron chi connectivity index (χ4n) is 3.31. The zero-order chi connectivity index (χ0) is 15.2. The number of aromatic amines is 1. The molecule has 0 amide bonds. The Morgan fingerprint density at radius 2 is 2.00 bits per heavy atom. The predicted molar refractivity (Wildman–Crippen MR) is 109 cm³/mol. The molecule has 1 aliphatic rings. The van der Waals surface area contributed by atoms with Crippen LogP contribution in [0.15, 0.2) is 35.5 Å². The zero-order valence-electron chi connectivity index (χ0n) is 13.6. The molecule has 1 aromatic carbocycles. The number of fused-ring (bicyclic) bond motifs is 1. The van der Waals surface area contributed by atoms with E-state index in [4.69, 9.17) is 5.73 Å². The molecular formula is C18H27IN4. The van der Waals surface area contributed by atoms with Gasteiger partial charge in [0.15, 0.2) is 5.96 Å². The van der Waals surface area contributed by atoms with Gasteiger partial charge >= 0.3 is 0 Å². The van der Waals surface area contributed by atoms with Crippen LogP contribution in [0.3, 0.4) is 0 Å². The first-order chi connectivity index (χ1) is 10.8. The lowest BCUT2D eigenvalue weighted by molar-refractivity contribution is 0.412. The lowest BCUT2D eigenvalue weighted by Crippen LogP contribution is -2.41. The van der Waals surface area contributed by atoms with E-state index in [-0.39, 0.29) is 24.0 Å². The Kier molecular flexibility index (Phi) is 7.20. The number of hydrogen-bond donors (Lipinski definition) is 3. The summed E-state index contributed by atoms with van der Waals surface area (Å²) in [7, 11) is 0. The number of benzene rings is 1. The first kappa shape index (κ1) is 18.1. The highest BCUT2D eigenvalue weighted by Crippen LogP contribution is 2.19. The number of nitrogens with one attached hydrogen (secondary N) is 2. The number of H-pyrrole nitrogens is 1. The maximum atomic E-state index is 5.99. The van der Waals surface area contributed by atoms with Gasteiger partial charge in [-0.15, -0.1) is 24.0 Å². The Morgan fingerprint density at radius 3 is 2.83 bits per heavy atom. The van der Waals surface area contributed by atoms with Crippen LogP contribution in [0.5, 0.6) is 0 Å². The van der Waals surface area contributed by atoms with Gasteiger partial charge in [0.1, 0.15) is 0 Å². The molecule has 0 aliphatic heterocycles. The van der Waals surface area contributed by atoms with Gasteiger partial charge in [0.25, 0.3) is 0 Å². The van der Waals surface area contributed by atoms with Gasteiger partial charge in [0.2, 0.25) is 0 Å². The molecular weight excluding hydrogens is 399 g/mol. The minimum absolute atomic E-state index is 0. The van der Waals surface area contributed by atoms with E-state index in [9.17, 15) is 0 Å².